The number of hydrogen-bond donors (Lipinski definition) is 1. The molecule has 1 aromatic carbocycles. The highest BCUT2D eigenvalue weighted by atomic mass is 32.1. The lowest BCUT2D eigenvalue weighted by Crippen LogP contribution is -1.99. The Morgan fingerprint density at radius 3 is 2.56 bits per heavy atom. The van der Waals surface area contributed by atoms with Gasteiger partial charge in [0.2, 0.25) is 0 Å². The number of aromatic nitrogens is 1. The maximum absolute atomic E-state index is 8.60. The van der Waals surface area contributed by atoms with Gasteiger partial charge in [-0.1, -0.05) is 12.1 Å². The van der Waals surface area contributed by atoms with Crippen LogP contribution in [-0.2, 0) is 13.0 Å². The number of rotatable bonds is 4. The lowest BCUT2D eigenvalue weighted by Gasteiger charge is -2.05. The van der Waals surface area contributed by atoms with Crippen LogP contribution in [0.3, 0.4) is 0 Å². The van der Waals surface area contributed by atoms with Gasteiger partial charge in [0.25, 0.3) is 0 Å². The standard InChI is InChI=1S/C14H15N3S/c1-10-14(18-11(2)17-10)9-16-13-5-3-12(4-6-13)7-8-15/h3-6,16H,7,9H2,1-2H3. The molecule has 0 amide bonds. The van der Waals surface area contributed by atoms with E-state index in [9.17, 15) is 0 Å². The first-order valence-electron chi connectivity index (χ1n) is 5.81. The van der Waals surface area contributed by atoms with Crippen LogP contribution < -0.4 is 5.32 Å². The number of nitrogens with one attached hydrogen (secondary N) is 1. The Morgan fingerprint density at radius 2 is 2.00 bits per heavy atom. The summed E-state index contributed by atoms with van der Waals surface area (Å²) < 4.78 is 0. The number of nitrogens with zero attached hydrogens (tertiary/aromatic N) is 2. The van der Waals surface area contributed by atoms with Crippen molar-refractivity contribution in [2.75, 3.05) is 5.32 Å². The zero-order chi connectivity index (χ0) is 13.0. The molecular weight excluding hydrogens is 242 g/mol. The van der Waals surface area contributed by atoms with E-state index in [1.165, 1.54) is 4.88 Å². The van der Waals surface area contributed by atoms with E-state index < -0.39 is 0 Å². The van der Waals surface area contributed by atoms with E-state index in [-0.39, 0.29) is 0 Å². The highest BCUT2D eigenvalue weighted by Crippen LogP contribution is 2.19. The molecule has 3 nitrogen and oxygen atoms in total. The average molecular weight is 257 g/mol. The van der Waals surface area contributed by atoms with Gasteiger partial charge in [-0.15, -0.1) is 11.3 Å². The predicted octanol–water partition coefficient (Wildman–Crippen LogP) is 3.44. The van der Waals surface area contributed by atoms with E-state index in [2.05, 4.69) is 16.4 Å². The molecule has 0 unspecified atom stereocenters. The first kappa shape index (κ1) is 12.6. The molecule has 0 saturated heterocycles. The van der Waals surface area contributed by atoms with Crippen LogP contribution in [0, 0.1) is 25.2 Å². The van der Waals surface area contributed by atoms with Gasteiger partial charge < -0.3 is 5.32 Å². The van der Waals surface area contributed by atoms with Crippen LogP contribution in [0.4, 0.5) is 5.69 Å². The Hall–Kier alpha value is -1.86. The van der Waals surface area contributed by atoms with Gasteiger partial charge in [0.1, 0.15) is 0 Å². The van der Waals surface area contributed by atoms with Crippen LogP contribution in [0.2, 0.25) is 0 Å². The largest absolute Gasteiger partial charge is 0.380 e. The van der Waals surface area contributed by atoms with E-state index in [4.69, 9.17) is 5.26 Å². The van der Waals surface area contributed by atoms with Crippen LogP contribution in [0.1, 0.15) is 21.1 Å². The summed E-state index contributed by atoms with van der Waals surface area (Å²) in [5.41, 5.74) is 3.22. The van der Waals surface area contributed by atoms with Gasteiger partial charge >= 0.3 is 0 Å². The molecule has 4 heteroatoms. The van der Waals surface area contributed by atoms with Gasteiger partial charge in [0.15, 0.2) is 0 Å². The van der Waals surface area contributed by atoms with E-state index in [1.807, 2.05) is 38.1 Å². The minimum Gasteiger partial charge on any atom is -0.380 e. The van der Waals surface area contributed by atoms with Gasteiger partial charge in [-0.3, -0.25) is 0 Å². The number of thiazole rings is 1. The van der Waals surface area contributed by atoms with Crippen molar-refractivity contribution >= 4 is 17.0 Å². The summed E-state index contributed by atoms with van der Waals surface area (Å²) in [6, 6.07) is 10.1. The molecule has 0 aliphatic carbocycles. The highest BCUT2D eigenvalue weighted by molar-refractivity contribution is 7.11. The van der Waals surface area contributed by atoms with Crippen molar-refractivity contribution in [2.24, 2.45) is 0 Å². The van der Waals surface area contributed by atoms with Crippen molar-refractivity contribution in [2.45, 2.75) is 26.8 Å². The van der Waals surface area contributed by atoms with Crippen LogP contribution in [0.15, 0.2) is 24.3 Å². The van der Waals surface area contributed by atoms with Crippen LogP contribution >= 0.6 is 11.3 Å². The fourth-order valence-corrected chi connectivity index (χ4v) is 2.63. The Morgan fingerprint density at radius 1 is 1.28 bits per heavy atom. The minimum atomic E-state index is 0.466. The van der Waals surface area contributed by atoms with Gasteiger partial charge in [-0.2, -0.15) is 5.26 Å². The van der Waals surface area contributed by atoms with Crippen molar-refractivity contribution < 1.29 is 0 Å². The van der Waals surface area contributed by atoms with Crippen molar-refractivity contribution in [3.63, 3.8) is 0 Å². The number of nitriles is 1. The number of aryl methyl sites for hydroxylation is 2. The molecule has 0 spiro atoms. The summed E-state index contributed by atoms with van der Waals surface area (Å²) in [4.78, 5) is 5.68. The molecule has 1 aromatic heterocycles. The van der Waals surface area contributed by atoms with E-state index >= 15 is 0 Å². The molecule has 2 rings (SSSR count). The zero-order valence-electron chi connectivity index (χ0n) is 10.5. The molecule has 0 fully saturated rings. The van der Waals surface area contributed by atoms with Crippen LogP contribution in [0.25, 0.3) is 0 Å². The molecule has 2 aromatic rings. The predicted molar refractivity (Wildman–Crippen MR) is 74.7 cm³/mol. The topological polar surface area (TPSA) is 48.7 Å². The van der Waals surface area contributed by atoms with E-state index in [0.717, 1.165) is 28.5 Å². The number of anilines is 1. The summed E-state index contributed by atoms with van der Waals surface area (Å²) >= 11 is 1.73. The SMILES string of the molecule is Cc1nc(C)c(CNc2ccc(CC#N)cc2)s1. The smallest absolute Gasteiger partial charge is 0.0900 e. The molecule has 0 radical (unpaired) electrons. The average Bonchev–Trinajstić information content (AvgIpc) is 2.67. The molecule has 92 valence electrons. The maximum atomic E-state index is 8.60. The van der Waals surface area contributed by atoms with Gasteiger partial charge in [0, 0.05) is 10.6 Å². The highest BCUT2D eigenvalue weighted by Gasteiger charge is 2.04. The second-order valence-corrected chi connectivity index (χ2v) is 5.41. The molecule has 0 aliphatic rings. The van der Waals surface area contributed by atoms with Gasteiger partial charge in [-0.05, 0) is 31.5 Å². The summed E-state index contributed by atoms with van der Waals surface area (Å²) in [7, 11) is 0. The molecule has 0 bridgehead atoms. The van der Waals surface area contributed by atoms with Crippen LogP contribution in [0.5, 0.6) is 0 Å². The summed E-state index contributed by atoms with van der Waals surface area (Å²) in [6.07, 6.45) is 0.466. The molecule has 0 saturated carbocycles. The first-order valence-corrected chi connectivity index (χ1v) is 6.63. The molecule has 1 heterocycles. The molecule has 18 heavy (non-hydrogen) atoms. The lowest BCUT2D eigenvalue weighted by atomic mass is 10.1. The van der Waals surface area contributed by atoms with Crippen LogP contribution in [-0.4, -0.2) is 4.98 Å². The third-order valence-corrected chi connectivity index (χ3v) is 3.76. The second kappa shape index (κ2) is 5.65. The third-order valence-electron chi connectivity index (χ3n) is 2.69. The Balaban J connectivity index is 1.98. The van der Waals surface area contributed by atoms with E-state index in [1.54, 1.807) is 11.3 Å². The summed E-state index contributed by atoms with van der Waals surface area (Å²) in [6.45, 7) is 4.86. The van der Waals surface area contributed by atoms with Crippen molar-refractivity contribution in [3.05, 3.63) is 45.4 Å². The fraction of sp³-hybridized carbons (Fsp3) is 0.286. The lowest BCUT2D eigenvalue weighted by molar-refractivity contribution is 1.11. The van der Waals surface area contributed by atoms with Crippen molar-refractivity contribution in [1.29, 1.82) is 5.26 Å². The summed E-state index contributed by atoms with van der Waals surface area (Å²) in [5.74, 6) is 0. The Labute approximate surface area is 111 Å². The molecule has 1 N–H and O–H groups in total. The van der Waals surface area contributed by atoms with Crippen molar-refractivity contribution in [3.8, 4) is 6.07 Å². The van der Waals surface area contributed by atoms with Gasteiger partial charge in [0.05, 0.1) is 29.7 Å². The second-order valence-electron chi connectivity index (χ2n) is 4.13. The first-order chi connectivity index (χ1) is 8.69. The Kier molecular flexibility index (Phi) is 3.96. The fourth-order valence-electron chi connectivity index (χ4n) is 1.75. The molecule has 0 aliphatic heterocycles. The monoisotopic (exact) mass is 257 g/mol. The molecule has 0 atom stereocenters. The third kappa shape index (κ3) is 3.08. The van der Waals surface area contributed by atoms with E-state index in [0.29, 0.717) is 6.42 Å². The van der Waals surface area contributed by atoms with Gasteiger partial charge in [-0.25, -0.2) is 4.98 Å². The summed E-state index contributed by atoms with van der Waals surface area (Å²) in [5, 5.41) is 13.1. The quantitative estimate of drug-likeness (QED) is 0.912. The maximum Gasteiger partial charge on any atom is 0.0900 e. The normalized spacial score (nSPS) is 10.1. The number of benzene rings is 1. The molecular formula is C14H15N3S. The van der Waals surface area contributed by atoms with Crippen molar-refractivity contribution in [1.82, 2.24) is 4.98 Å². The Bertz CT molecular complexity index is 564. The number of hydrogen-bond acceptors (Lipinski definition) is 4. The zero-order valence-corrected chi connectivity index (χ0v) is 11.3. The minimum absolute atomic E-state index is 0.466.